The van der Waals surface area contributed by atoms with E-state index >= 15 is 0 Å². The summed E-state index contributed by atoms with van der Waals surface area (Å²) in [5.74, 6) is 0.689. The van der Waals surface area contributed by atoms with Crippen LogP contribution >= 0.6 is 0 Å². The predicted molar refractivity (Wildman–Crippen MR) is 76.0 cm³/mol. The van der Waals surface area contributed by atoms with Crippen LogP contribution in [0.5, 0.6) is 0 Å². The zero-order valence-electron chi connectivity index (χ0n) is 11.2. The van der Waals surface area contributed by atoms with Crippen LogP contribution in [0.15, 0.2) is 18.3 Å². The van der Waals surface area contributed by atoms with Crippen LogP contribution in [0.2, 0.25) is 0 Å². The van der Waals surface area contributed by atoms with Gasteiger partial charge in [0.15, 0.2) is 0 Å². The lowest BCUT2D eigenvalue weighted by Gasteiger charge is -2.10. The topological polar surface area (TPSA) is 57.8 Å². The van der Waals surface area contributed by atoms with E-state index in [-0.39, 0.29) is 5.91 Å². The number of carbonyl (C=O) groups is 1. The fourth-order valence-corrected chi connectivity index (χ4v) is 2.95. The second kappa shape index (κ2) is 5.03. The first-order valence-electron chi connectivity index (χ1n) is 6.96. The third-order valence-corrected chi connectivity index (χ3v) is 4.06. The van der Waals surface area contributed by atoms with Crippen molar-refractivity contribution in [2.45, 2.75) is 39.0 Å². The van der Waals surface area contributed by atoms with Crippen molar-refractivity contribution < 1.29 is 4.79 Å². The predicted octanol–water partition coefficient (Wildman–Crippen LogP) is 3.39. The van der Waals surface area contributed by atoms with Crippen LogP contribution in [0.1, 0.15) is 37.7 Å². The number of aromatic amines is 1. The molecule has 100 valence electrons. The Hall–Kier alpha value is -1.84. The first-order chi connectivity index (χ1) is 9.24. The van der Waals surface area contributed by atoms with Gasteiger partial charge in [-0.25, -0.2) is 0 Å². The molecule has 0 atom stereocenters. The van der Waals surface area contributed by atoms with Crippen molar-refractivity contribution in [1.82, 2.24) is 10.2 Å². The minimum absolute atomic E-state index is 0.117. The quantitative estimate of drug-likeness (QED) is 0.885. The minimum Gasteiger partial charge on any atom is -0.324 e. The van der Waals surface area contributed by atoms with Gasteiger partial charge in [0.2, 0.25) is 5.91 Å². The van der Waals surface area contributed by atoms with E-state index in [1.54, 1.807) is 6.20 Å². The molecule has 0 saturated heterocycles. The van der Waals surface area contributed by atoms with E-state index in [4.69, 9.17) is 0 Å². The molecule has 1 aliphatic rings. The Kier molecular flexibility index (Phi) is 3.23. The Morgan fingerprint density at radius 1 is 1.42 bits per heavy atom. The monoisotopic (exact) mass is 257 g/mol. The van der Waals surface area contributed by atoms with Crippen LogP contribution in [0.4, 0.5) is 5.69 Å². The second-order valence-corrected chi connectivity index (χ2v) is 5.49. The summed E-state index contributed by atoms with van der Waals surface area (Å²) < 4.78 is 0. The summed E-state index contributed by atoms with van der Waals surface area (Å²) in [5, 5.41) is 11.1. The summed E-state index contributed by atoms with van der Waals surface area (Å²) in [7, 11) is 0. The Balaban J connectivity index is 1.75. The van der Waals surface area contributed by atoms with E-state index in [1.807, 2.05) is 19.1 Å². The average molecular weight is 257 g/mol. The van der Waals surface area contributed by atoms with Crippen LogP contribution in [-0.4, -0.2) is 16.1 Å². The van der Waals surface area contributed by atoms with Gasteiger partial charge >= 0.3 is 0 Å². The summed E-state index contributed by atoms with van der Waals surface area (Å²) in [6, 6.07) is 3.96. The largest absolute Gasteiger partial charge is 0.324 e. The maximum Gasteiger partial charge on any atom is 0.224 e. The minimum atomic E-state index is 0.117. The van der Waals surface area contributed by atoms with Crippen LogP contribution in [0, 0.1) is 12.8 Å². The molecule has 0 bridgehead atoms. The number of hydrogen-bond acceptors (Lipinski definition) is 2. The van der Waals surface area contributed by atoms with Crippen LogP contribution < -0.4 is 5.32 Å². The average Bonchev–Trinajstić information content (AvgIpc) is 3.03. The summed E-state index contributed by atoms with van der Waals surface area (Å²) in [6.07, 6.45) is 7.38. The van der Waals surface area contributed by atoms with Gasteiger partial charge < -0.3 is 5.32 Å². The Morgan fingerprint density at radius 3 is 3.00 bits per heavy atom. The number of benzene rings is 1. The number of amides is 1. The van der Waals surface area contributed by atoms with Crippen LogP contribution in [-0.2, 0) is 4.79 Å². The number of nitrogens with zero attached hydrogens (tertiary/aromatic N) is 1. The summed E-state index contributed by atoms with van der Waals surface area (Å²) in [5.41, 5.74) is 2.92. The van der Waals surface area contributed by atoms with Gasteiger partial charge in [0, 0.05) is 11.8 Å². The normalized spacial score (nSPS) is 16.1. The molecule has 0 unspecified atom stereocenters. The highest BCUT2D eigenvalue weighted by atomic mass is 16.1. The van der Waals surface area contributed by atoms with Gasteiger partial charge in [-0.05, 0) is 37.3 Å². The maximum atomic E-state index is 12.1. The molecule has 4 nitrogen and oxygen atoms in total. The van der Waals surface area contributed by atoms with E-state index in [9.17, 15) is 4.79 Å². The zero-order chi connectivity index (χ0) is 13.2. The van der Waals surface area contributed by atoms with E-state index < -0.39 is 0 Å². The first-order valence-corrected chi connectivity index (χ1v) is 6.96. The van der Waals surface area contributed by atoms with Crippen molar-refractivity contribution in [3.63, 3.8) is 0 Å². The van der Waals surface area contributed by atoms with E-state index in [0.29, 0.717) is 12.3 Å². The number of hydrogen-bond donors (Lipinski definition) is 2. The molecule has 1 saturated carbocycles. The molecule has 0 spiro atoms. The van der Waals surface area contributed by atoms with Gasteiger partial charge in [-0.15, -0.1) is 0 Å². The van der Waals surface area contributed by atoms with Gasteiger partial charge in [-0.2, -0.15) is 5.10 Å². The number of rotatable bonds is 3. The molecule has 0 aliphatic heterocycles. The molecular formula is C15H19N3O. The molecule has 1 amide bonds. The molecule has 19 heavy (non-hydrogen) atoms. The molecule has 3 rings (SSSR count). The fourth-order valence-electron chi connectivity index (χ4n) is 2.95. The molecule has 1 fully saturated rings. The van der Waals surface area contributed by atoms with Gasteiger partial charge in [0.05, 0.1) is 17.4 Å². The lowest BCUT2D eigenvalue weighted by atomic mass is 10.0. The lowest BCUT2D eigenvalue weighted by molar-refractivity contribution is -0.117. The summed E-state index contributed by atoms with van der Waals surface area (Å²) in [4.78, 5) is 12.1. The zero-order valence-corrected chi connectivity index (χ0v) is 11.2. The third kappa shape index (κ3) is 2.48. The number of anilines is 1. The number of aromatic nitrogens is 2. The summed E-state index contributed by atoms with van der Waals surface area (Å²) in [6.45, 7) is 2.04. The molecule has 1 aromatic heterocycles. The summed E-state index contributed by atoms with van der Waals surface area (Å²) >= 11 is 0. The van der Waals surface area contributed by atoms with Crippen molar-refractivity contribution in [3.05, 3.63) is 23.9 Å². The Morgan fingerprint density at radius 2 is 2.21 bits per heavy atom. The SMILES string of the molecule is Cc1ccc(NC(=O)CC2CCCC2)c2[nH]ncc12. The number of nitrogens with one attached hydrogen (secondary N) is 2. The molecule has 1 aromatic carbocycles. The van der Waals surface area contributed by atoms with Crippen molar-refractivity contribution in [1.29, 1.82) is 0 Å². The molecule has 2 N–H and O–H groups in total. The van der Waals surface area contributed by atoms with Crippen molar-refractivity contribution in [2.75, 3.05) is 5.32 Å². The van der Waals surface area contributed by atoms with Crippen molar-refractivity contribution >= 4 is 22.5 Å². The van der Waals surface area contributed by atoms with Crippen LogP contribution in [0.3, 0.4) is 0 Å². The Bertz CT molecular complexity index is 596. The molecule has 1 heterocycles. The number of aryl methyl sites for hydroxylation is 1. The van der Waals surface area contributed by atoms with E-state index in [2.05, 4.69) is 15.5 Å². The highest BCUT2D eigenvalue weighted by molar-refractivity contribution is 6.01. The van der Waals surface area contributed by atoms with Crippen molar-refractivity contribution in [3.8, 4) is 0 Å². The number of fused-ring (bicyclic) bond motifs is 1. The van der Waals surface area contributed by atoms with E-state index in [1.165, 1.54) is 25.7 Å². The molecule has 4 heteroatoms. The van der Waals surface area contributed by atoms with Gasteiger partial charge in [-0.1, -0.05) is 18.9 Å². The van der Waals surface area contributed by atoms with Gasteiger partial charge in [0.1, 0.15) is 0 Å². The standard InChI is InChI=1S/C15H19N3O/c1-10-6-7-13(15-12(10)9-16-18-15)17-14(19)8-11-4-2-3-5-11/h6-7,9,11H,2-5,8H2,1H3,(H,16,18)(H,17,19). The van der Waals surface area contributed by atoms with Crippen molar-refractivity contribution in [2.24, 2.45) is 5.92 Å². The highest BCUT2D eigenvalue weighted by Crippen LogP contribution is 2.29. The number of carbonyl (C=O) groups excluding carboxylic acids is 1. The molecular weight excluding hydrogens is 238 g/mol. The smallest absolute Gasteiger partial charge is 0.224 e. The van der Waals surface area contributed by atoms with E-state index in [0.717, 1.165) is 22.2 Å². The lowest BCUT2D eigenvalue weighted by Crippen LogP contribution is -2.15. The first kappa shape index (κ1) is 12.2. The maximum absolute atomic E-state index is 12.1. The molecule has 2 aromatic rings. The second-order valence-electron chi connectivity index (χ2n) is 5.49. The molecule has 0 radical (unpaired) electrons. The van der Waals surface area contributed by atoms with Gasteiger partial charge in [0.25, 0.3) is 0 Å². The number of H-pyrrole nitrogens is 1. The third-order valence-electron chi connectivity index (χ3n) is 4.06. The fraction of sp³-hybridized carbons (Fsp3) is 0.467. The van der Waals surface area contributed by atoms with Crippen LogP contribution in [0.25, 0.3) is 10.9 Å². The highest BCUT2D eigenvalue weighted by Gasteiger charge is 2.19. The van der Waals surface area contributed by atoms with Gasteiger partial charge in [-0.3, -0.25) is 9.89 Å². The molecule has 1 aliphatic carbocycles. The Labute approximate surface area is 112 Å².